The number of anilines is 1. The monoisotopic (exact) mass is 683 g/mol. The molecule has 2 heterocycles. The molecule has 0 saturated heterocycles. The molecule has 1 fully saturated rings. The van der Waals surface area contributed by atoms with Crippen molar-refractivity contribution in [3.8, 4) is 11.6 Å². The highest BCUT2D eigenvalue weighted by Crippen LogP contribution is 2.48. The summed E-state index contributed by atoms with van der Waals surface area (Å²) in [5.74, 6) is -7.10. The molecule has 1 aromatic carbocycles. The highest BCUT2D eigenvalue weighted by atomic mass is 32.2. The molecule has 1 atom stereocenters. The minimum atomic E-state index is -4.87. The summed E-state index contributed by atoms with van der Waals surface area (Å²) < 4.78 is 116. The highest BCUT2D eigenvalue weighted by Gasteiger charge is 2.42. The molecule has 4 rings (SSSR count). The smallest absolute Gasteiger partial charge is 0.420 e. The SMILES string of the molecule is CC.COC(=O)c1nc(OC)ccc1COc1cc2c(cc1C(F)(F)F)N(C1CCC(F)(F)CC1)C[C@@H](CCC(C)(F)F)N(C)S2. The Hall–Kier alpha value is -2.94. The predicted molar refractivity (Wildman–Crippen MR) is 161 cm³/mol. The van der Waals surface area contributed by atoms with Gasteiger partial charge < -0.3 is 19.1 Å². The Bertz CT molecular complexity index is 1330. The molecule has 0 amide bonds. The number of ether oxygens (including phenoxy) is 3. The van der Waals surface area contributed by atoms with Gasteiger partial charge in [0.25, 0.3) is 0 Å². The fraction of sp³-hybridized carbons (Fsp3) is 0.613. The van der Waals surface area contributed by atoms with E-state index in [0.717, 1.165) is 32.0 Å². The molecule has 15 heteroatoms. The molecular formula is C31H40F7N3O4S. The van der Waals surface area contributed by atoms with Crippen LogP contribution < -0.4 is 14.4 Å². The number of nitrogens with zero attached hydrogens (tertiary/aromatic N) is 3. The van der Waals surface area contributed by atoms with Crippen molar-refractivity contribution < 1.29 is 49.7 Å². The summed E-state index contributed by atoms with van der Waals surface area (Å²) in [6.45, 7) is 4.41. The lowest BCUT2D eigenvalue weighted by Crippen LogP contribution is -2.46. The van der Waals surface area contributed by atoms with Gasteiger partial charge in [-0.3, -0.25) is 0 Å². The number of hydrogen-bond donors (Lipinski definition) is 0. The van der Waals surface area contributed by atoms with E-state index in [9.17, 15) is 35.5 Å². The van der Waals surface area contributed by atoms with E-state index >= 15 is 0 Å². The molecule has 1 aliphatic carbocycles. The fourth-order valence-electron chi connectivity index (χ4n) is 5.36. The van der Waals surface area contributed by atoms with Crippen LogP contribution in [0.1, 0.15) is 80.9 Å². The van der Waals surface area contributed by atoms with Crippen LogP contribution in [0.15, 0.2) is 29.2 Å². The molecule has 1 aromatic heterocycles. The molecule has 2 aliphatic rings. The Labute approximate surface area is 268 Å². The first kappa shape index (κ1) is 37.5. The Morgan fingerprint density at radius 1 is 1.09 bits per heavy atom. The molecule has 7 nitrogen and oxygen atoms in total. The molecule has 0 N–H and O–H groups in total. The number of esters is 1. The van der Waals surface area contributed by atoms with Gasteiger partial charge in [0.05, 0.1) is 30.4 Å². The standard InChI is InChI=1S/C29H34F7N3O4S.C2H6/c1-27(30,31)10-7-19-15-39(18-8-11-28(32,33)12-9-18)21-13-20(29(34,35)36)22(14-23(21)44-38(19)2)43-16-17-5-6-24(41-3)37-25(17)26(40)42-4;1-2/h5-6,13-14,18-19H,7-12,15-16H2,1-4H3;1-2H3/t19-;/m1./s1. The summed E-state index contributed by atoms with van der Waals surface area (Å²) in [5.41, 5.74) is -0.981. The van der Waals surface area contributed by atoms with E-state index in [2.05, 4.69) is 4.98 Å². The number of alkyl halides is 7. The summed E-state index contributed by atoms with van der Waals surface area (Å²) in [7, 11) is 4.12. The molecule has 0 radical (unpaired) electrons. The zero-order chi connectivity index (χ0) is 34.4. The van der Waals surface area contributed by atoms with Gasteiger partial charge in [0.1, 0.15) is 12.4 Å². The van der Waals surface area contributed by atoms with E-state index in [0.29, 0.717) is 4.90 Å². The molecule has 46 heavy (non-hydrogen) atoms. The van der Waals surface area contributed by atoms with Gasteiger partial charge in [0.15, 0.2) is 5.69 Å². The molecule has 1 aliphatic heterocycles. The molecule has 0 unspecified atom stereocenters. The van der Waals surface area contributed by atoms with Crippen LogP contribution in [0.3, 0.4) is 0 Å². The number of likely N-dealkylation sites (N-methyl/N-ethyl adjacent to an activating group) is 1. The quantitative estimate of drug-likeness (QED) is 0.148. The molecule has 2 aromatic rings. The van der Waals surface area contributed by atoms with Crippen LogP contribution >= 0.6 is 11.9 Å². The maximum atomic E-state index is 14.5. The fourth-order valence-corrected chi connectivity index (χ4v) is 6.42. The summed E-state index contributed by atoms with van der Waals surface area (Å²) in [4.78, 5) is 18.3. The maximum absolute atomic E-state index is 14.5. The number of aromatic nitrogens is 1. The van der Waals surface area contributed by atoms with Gasteiger partial charge in [-0.05, 0) is 63.4 Å². The van der Waals surface area contributed by atoms with Crippen molar-refractivity contribution in [1.82, 2.24) is 9.29 Å². The van der Waals surface area contributed by atoms with Crippen LogP contribution in [0, 0.1) is 0 Å². The Kier molecular flexibility index (Phi) is 12.5. The summed E-state index contributed by atoms with van der Waals surface area (Å²) in [6.07, 6.45) is -6.04. The largest absolute Gasteiger partial charge is 0.488 e. The lowest BCUT2D eigenvalue weighted by atomic mass is 9.90. The third kappa shape index (κ3) is 9.55. The van der Waals surface area contributed by atoms with Crippen molar-refractivity contribution >= 4 is 23.6 Å². The minimum Gasteiger partial charge on any atom is -0.488 e. The third-order valence-corrected chi connectivity index (χ3v) is 8.92. The highest BCUT2D eigenvalue weighted by molar-refractivity contribution is 7.97. The second kappa shape index (κ2) is 15.3. The van der Waals surface area contributed by atoms with Crippen molar-refractivity contribution in [2.45, 2.75) is 101 Å². The van der Waals surface area contributed by atoms with Crippen molar-refractivity contribution in [3.05, 3.63) is 41.1 Å². The average molecular weight is 684 g/mol. The topological polar surface area (TPSA) is 64.1 Å². The van der Waals surface area contributed by atoms with Crippen LogP contribution in [0.2, 0.25) is 0 Å². The molecular weight excluding hydrogens is 643 g/mol. The van der Waals surface area contributed by atoms with Gasteiger partial charge in [0, 0.05) is 49.5 Å². The van der Waals surface area contributed by atoms with Gasteiger partial charge >= 0.3 is 12.1 Å². The average Bonchev–Trinajstić information content (AvgIpc) is 3.13. The van der Waals surface area contributed by atoms with E-state index in [1.165, 1.54) is 25.3 Å². The van der Waals surface area contributed by atoms with Crippen molar-refractivity contribution in [2.75, 3.05) is 32.7 Å². The number of rotatable bonds is 9. The van der Waals surface area contributed by atoms with Gasteiger partial charge in [0.2, 0.25) is 17.7 Å². The Morgan fingerprint density at radius 3 is 2.30 bits per heavy atom. The number of pyridine rings is 1. The first-order valence-corrected chi connectivity index (χ1v) is 15.7. The van der Waals surface area contributed by atoms with E-state index in [1.54, 1.807) is 16.3 Å². The second-order valence-corrected chi connectivity index (χ2v) is 12.3. The van der Waals surface area contributed by atoms with Gasteiger partial charge in [-0.2, -0.15) is 13.2 Å². The Balaban J connectivity index is 0.00000282. The van der Waals surface area contributed by atoms with Gasteiger partial charge in [-0.1, -0.05) is 13.8 Å². The maximum Gasteiger partial charge on any atom is 0.420 e. The number of carbonyl (C=O) groups is 1. The van der Waals surface area contributed by atoms with Crippen molar-refractivity contribution in [2.24, 2.45) is 0 Å². The first-order valence-electron chi connectivity index (χ1n) is 14.9. The lowest BCUT2D eigenvalue weighted by molar-refractivity contribution is -0.139. The molecule has 258 valence electrons. The van der Waals surface area contributed by atoms with E-state index < -0.39 is 73.3 Å². The summed E-state index contributed by atoms with van der Waals surface area (Å²) >= 11 is 1.08. The number of carbonyl (C=O) groups excluding carboxylic acids is 1. The number of fused-ring (bicyclic) bond motifs is 1. The van der Waals surface area contributed by atoms with Crippen molar-refractivity contribution in [3.63, 3.8) is 0 Å². The van der Waals surface area contributed by atoms with Crippen LogP contribution in [0.25, 0.3) is 0 Å². The second-order valence-electron chi connectivity index (χ2n) is 11.1. The van der Waals surface area contributed by atoms with Crippen LogP contribution in [0.4, 0.5) is 36.4 Å². The summed E-state index contributed by atoms with van der Waals surface area (Å²) in [6, 6.07) is 3.98. The van der Waals surface area contributed by atoms with Gasteiger partial charge in [-0.15, -0.1) is 0 Å². The number of benzene rings is 1. The molecule has 1 saturated carbocycles. The number of halogens is 7. The third-order valence-electron chi connectivity index (χ3n) is 7.81. The van der Waals surface area contributed by atoms with Crippen molar-refractivity contribution in [1.29, 1.82) is 0 Å². The molecule has 0 bridgehead atoms. The summed E-state index contributed by atoms with van der Waals surface area (Å²) in [5, 5.41) is 0. The van der Waals surface area contributed by atoms with E-state index in [4.69, 9.17) is 14.2 Å². The first-order chi connectivity index (χ1) is 21.5. The number of hydrogen-bond acceptors (Lipinski definition) is 8. The van der Waals surface area contributed by atoms with Crippen LogP contribution in [-0.4, -0.2) is 67.0 Å². The normalized spacial score (nSPS) is 19.0. The number of methoxy groups -OCH3 is 2. The zero-order valence-electron chi connectivity index (χ0n) is 26.6. The molecule has 0 spiro atoms. The van der Waals surface area contributed by atoms with Crippen LogP contribution in [0.5, 0.6) is 11.6 Å². The van der Waals surface area contributed by atoms with E-state index in [1.807, 2.05) is 13.8 Å². The van der Waals surface area contributed by atoms with E-state index in [-0.39, 0.29) is 48.6 Å². The van der Waals surface area contributed by atoms with Gasteiger partial charge in [-0.25, -0.2) is 31.6 Å². The predicted octanol–water partition coefficient (Wildman–Crippen LogP) is 8.64. The Morgan fingerprint density at radius 2 is 1.74 bits per heavy atom. The minimum absolute atomic E-state index is 0.0383. The zero-order valence-corrected chi connectivity index (χ0v) is 27.5. The van der Waals surface area contributed by atoms with Crippen LogP contribution in [-0.2, 0) is 17.5 Å². The lowest BCUT2D eigenvalue weighted by Gasteiger charge is -2.40.